The fourth-order valence-electron chi connectivity index (χ4n) is 2.20. The molecule has 0 unspecified atom stereocenters. The lowest BCUT2D eigenvalue weighted by atomic mass is 10.2. The monoisotopic (exact) mass is 209 g/mol. The number of nitrogens with zero attached hydrogens (tertiary/aromatic N) is 2. The Morgan fingerprint density at radius 2 is 1.93 bits per heavy atom. The van der Waals surface area contributed by atoms with Crippen LogP contribution in [0.1, 0.15) is 31.7 Å². The van der Waals surface area contributed by atoms with E-state index in [0.29, 0.717) is 0 Å². The molecule has 1 heterocycles. The third-order valence-electron chi connectivity index (χ3n) is 3.00. The third-order valence-corrected chi connectivity index (χ3v) is 3.00. The second-order valence-electron chi connectivity index (χ2n) is 4.09. The first-order chi connectivity index (χ1) is 7.11. The quantitative estimate of drug-likeness (QED) is 0.720. The average Bonchev–Trinajstić information content (AvgIpc) is 2.69. The van der Waals surface area contributed by atoms with Crippen molar-refractivity contribution in [2.24, 2.45) is 7.05 Å². The Hall–Kier alpha value is -1.52. The molecule has 0 aromatic carbocycles. The summed E-state index contributed by atoms with van der Waals surface area (Å²) in [7, 11) is 1.61. The van der Waals surface area contributed by atoms with E-state index in [1.807, 2.05) is 0 Å². The van der Waals surface area contributed by atoms with Crippen LogP contribution >= 0.6 is 0 Å². The Morgan fingerprint density at radius 3 is 2.53 bits per heavy atom. The van der Waals surface area contributed by atoms with E-state index in [1.165, 1.54) is 15.3 Å². The van der Waals surface area contributed by atoms with Crippen LogP contribution in [0.2, 0.25) is 0 Å². The van der Waals surface area contributed by atoms with Gasteiger partial charge in [-0.2, -0.15) is 0 Å². The number of nitrogens with two attached hydrogens (primary N) is 1. The summed E-state index contributed by atoms with van der Waals surface area (Å²) < 4.78 is 2.68. The first-order valence-electron chi connectivity index (χ1n) is 5.19. The Balaban J connectivity index is 2.63. The van der Waals surface area contributed by atoms with Gasteiger partial charge in [0.25, 0.3) is 5.56 Å². The van der Waals surface area contributed by atoms with E-state index in [9.17, 15) is 9.59 Å². The van der Waals surface area contributed by atoms with Gasteiger partial charge < -0.3 is 10.3 Å². The molecule has 0 bridgehead atoms. The van der Waals surface area contributed by atoms with E-state index in [-0.39, 0.29) is 23.0 Å². The summed E-state index contributed by atoms with van der Waals surface area (Å²) in [5.74, 6) is 0. The zero-order chi connectivity index (χ0) is 11.0. The van der Waals surface area contributed by atoms with Crippen LogP contribution in [-0.4, -0.2) is 9.13 Å². The zero-order valence-corrected chi connectivity index (χ0v) is 8.77. The molecule has 0 spiro atoms. The largest absolute Gasteiger partial charge is 0.393 e. The van der Waals surface area contributed by atoms with Gasteiger partial charge in [-0.05, 0) is 12.8 Å². The molecule has 1 saturated carbocycles. The molecule has 0 amide bonds. The van der Waals surface area contributed by atoms with Crippen LogP contribution in [0.5, 0.6) is 0 Å². The van der Waals surface area contributed by atoms with E-state index in [2.05, 4.69) is 0 Å². The number of hydrogen-bond acceptors (Lipinski definition) is 3. The summed E-state index contributed by atoms with van der Waals surface area (Å²) in [6, 6.07) is 0.0414. The minimum atomic E-state index is -0.343. The van der Waals surface area contributed by atoms with E-state index in [0.717, 1.165) is 25.7 Å². The minimum absolute atomic E-state index is 0.0414. The van der Waals surface area contributed by atoms with Crippen molar-refractivity contribution in [2.45, 2.75) is 31.7 Å². The van der Waals surface area contributed by atoms with Crippen LogP contribution in [-0.2, 0) is 7.05 Å². The van der Waals surface area contributed by atoms with Gasteiger partial charge >= 0.3 is 5.69 Å². The molecule has 2 N–H and O–H groups in total. The van der Waals surface area contributed by atoms with Crippen LogP contribution in [0.4, 0.5) is 5.69 Å². The van der Waals surface area contributed by atoms with Crippen LogP contribution in [0.3, 0.4) is 0 Å². The van der Waals surface area contributed by atoms with Crippen LogP contribution < -0.4 is 17.0 Å². The number of nitrogen functional groups attached to an aromatic ring is 1. The maximum atomic E-state index is 11.8. The molecule has 82 valence electrons. The molecule has 1 aromatic rings. The maximum Gasteiger partial charge on any atom is 0.331 e. The predicted molar refractivity (Wildman–Crippen MR) is 57.9 cm³/mol. The molecule has 1 aliphatic carbocycles. The van der Waals surface area contributed by atoms with Crippen molar-refractivity contribution in [3.8, 4) is 0 Å². The molecule has 5 nitrogen and oxygen atoms in total. The first kappa shape index (κ1) is 10.0. The normalized spacial score (nSPS) is 17.1. The zero-order valence-electron chi connectivity index (χ0n) is 8.77. The molecule has 1 aliphatic rings. The lowest BCUT2D eigenvalue weighted by molar-refractivity contribution is 0.465. The van der Waals surface area contributed by atoms with Crippen LogP contribution in [0.25, 0.3) is 0 Å². The number of rotatable bonds is 1. The molecular formula is C10H15N3O2. The predicted octanol–water partition coefficient (Wildman–Crippen LogP) is 0.244. The van der Waals surface area contributed by atoms with Gasteiger partial charge in [0.15, 0.2) is 0 Å². The fraction of sp³-hybridized carbons (Fsp3) is 0.600. The number of aryl methyl sites for hydroxylation is 1. The van der Waals surface area contributed by atoms with Gasteiger partial charge in [-0.3, -0.25) is 9.36 Å². The van der Waals surface area contributed by atoms with E-state index >= 15 is 0 Å². The summed E-state index contributed by atoms with van der Waals surface area (Å²) in [6.07, 6.45) is 5.34. The molecule has 0 saturated heterocycles. The Labute approximate surface area is 87.1 Å². The third kappa shape index (κ3) is 1.58. The number of aromatic nitrogens is 2. The molecule has 2 rings (SSSR count). The summed E-state index contributed by atoms with van der Waals surface area (Å²) in [5, 5.41) is 0. The van der Waals surface area contributed by atoms with Crippen molar-refractivity contribution in [1.82, 2.24) is 9.13 Å². The van der Waals surface area contributed by atoms with E-state index in [4.69, 9.17) is 5.73 Å². The van der Waals surface area contributed by atoms with Gasteiger partial charge in [0.1, 0.15) is 5.69 Å². The van der Waals surface area contributed by atoms with Crippen molar-refractivity contribution in [1.29, 1.82) is 0 Å². The molecular weight excluding hydrogens is 194 g/mol. The van der Waals surface area contributed by atoms with Gasteiger partial charge in [0, 0.05) is 19.3 Å². The fourth-order valence-corrected chi connectivity index (χ4v) is 2.20. The minimum Gasteiger partial charge on any atom is -0.393 e. The van der Waals surface area contributed by atoms with Gasteiger partial charge in [-0.25, -0.2) is 4.79 Å². The highest BCUT2D eigenvalue weighted by Crippen LogP contribution is 2.27. The van der Waals surface area contributed by atoms with Crippen molar-refractivity contribution in [3.05, 3.63) is 27.0 Å². The summed E-state index contributed by atoms with van der Waals surface area (Å²) in [5.41, 5.74) is 5.10. The van der Waals surface area contributed by atoms with Gasteiger partial charge in [-0.1, -0.05) is 12.8 Å². The molecule has 0 atom stereocenters. The number of hydrogen-bond donors (Lipinski definition) is 1. The lowest BCUT2D eigenvalue weighted by Gasteiger charge is -2.14. The van der Waals surface area contributed by atoms with Crippen molar-refractivity contribution >= 4 is 5.69 Å². The molecule has 0 radical (unpaired) electrons. The molecule has 0 aliphatic heterocycles. The first-order valence-corrected chi connectivity index (χ1v) is 5.19. The average molecular weight is 209 g/mol. The SMILES string of the molecule is Cn1cc(N)c(=O)n(C2CCCC2)c1=O. The molecule has 1 aromatic heterocycles. The van der Waals surface area contributed by atoms with Crippen molar-refractivity contribution < 1.29 is 0 Å². The maximum absolute atomic E-state index is 11.8. The highest BCUT2D eigenvalue weighted by atomic mass is 16.2. The molecule has 5 heteroatoms. The lowest BCUT2D eigenvalue weighted by Crippen LogP contribution is -2.41. The second-order valence-corrected chi connectivity index (χ2v) is 4.09. The van der Waals surface area contributed by atoms with Crippen LogP contribution in [0, 0.1) is 0 Å². The van der Waals surface area contributed by atoms with E-state index in [1.54, 1.807) is 7.05 Å². The van der Waals surface area contributed by atoms with Gasteiger partial charge in [-0.15, -0.1) is 0 Å². The molecule has 1 fully saturated rings. The smallest absolute Gasteiger partial charge is 0.331 e. The highest BCUT2D eigenvalue weighted by molar-refractivity contribution is 5.31. The van der Waals surface area contributed by atoms with Crippen molar-refractivity contribution in [2.75, 3.05) is 5.73 Å². The van der Waals surface area contributed by atoms with E-state index < -0.39 is 0 Å². The Bertz CT molecular complexity index is 446. The summed E-state index contributed by atoms with van der Waals surface area (Å²) in [4.78, 5) is 23.6. The number of anilines is 1. The Kier molecular flexibility index (Phi) is 2.38. The standard InChI is InChI=1S/C10H15N3O2/c1-12-6-8(11)9(14)13(10(12)15)7-4-2-3-5-7/h6-7H,2-5,11H2,1H3. The summed E-state index contributed by atoms with van der Waals surface area (Å²) >= 11 is 0. The van der Waals surface area contributed by atoms with Gasteiger partial charge in [0.05, 0.1) is 0 Å². The van der Waals surface area contributed by atoms with Gasteiger partial charge in [0.2, 0.25) is 0 Å². The second kappa shape index (κ2) is 3.56. The Morgan fingerprint density at radius 1 is 1.33 bits per heavy atom. The topological polar surface area (TPSA) is 70.0 Å². The highest BCUT2D eigenvalue weighted by Gasteiger charge is 2.21. The molecule has 15 heavy (non-hydrogen) atoms. The van der Waals surface area contributed by atoms with Crippen molar-refractivity contribution in [3.63, 3.8) is 0 Å². The van der Waals surface area contributed by atoms with Crippen LogP contribution in [0.15, 0.2) is 15.8 Å². The summed E-state index contributed by atoms with van der Waals surface area (Å²) in [6.45, 7) is 0.